The molecule has 1 aliphatic rings. The van der Waals surface area contributed by atoms with Crippen LogP contribution in [0.4, 0.5) is 11.4 Å². The number of nitrogens with two attached hydrogens (primary N) is 1. The zero-order chi connectivity index (χ0) is 15.0. The molecule has 0 bridgehead atoms. The molecular weight excluding hydrogens is 264 g/mol. The highest BCUT2D eigenvalue weighted by atomic mass is 16.5. The molecule has 0 aliphatic carbocycles. The van der Waals surface area contributed by atoms with Crippen molar-refractivity contribution in [2.45, 2.75) is 20.4 Å². The van der Waals surface area contributed by atoms with Gasteiger partial charge in [-0.2, -0.15) is 0 Å². The summed E-state index contributed by atoms with van der Waals surface area (Å²) in [6.07, 6.45) is 0. The van der Waals surface area contributed by atoms with Crippen molar-refractivity contribution in [2.24, 2.45) is 0 Å². The van der Waals surface area contributed by atoms with Gasteiger partial charge in [0.1, 0.15) is 5.75 Å². The fraction of sp³-hybridized carbons (Fsp3) is 0.235. The van der Waals surface area contributed by atoms with E-state index >= 15 is 0 Å². The van der Waals surface area contributed by atoms with Crippen LogP contribution in [0.3, 0.4) is 0 Å². The first kappa shape index (κ1) is 13.5. The Morgan fingerprint density at radius 3 is 2.57 bits per heavy atom. The van der Waals surface area contributed by atoms with E-state index in [1.807, 2.05) is 6.07 Å². The zero-order valence-corrected chi connectivity index (χ0v) is 12.2. The van der Waals surface area contributed by atoms with Gasteiger partial charge < -0.3 is 15.4 Å². The number of ether oxygens (including phenoxy) is 1. The van der Waals surface area contributed by atoms with Crippen LogP contribution < -0.4 is 15.4 Å². The average molecular weight is 282 g/mol. The summed E-state index contributed by atoms with van der Waals surface area (Å²) >= 11 is 0. The molecule has 3 rings (SSSR count). The van der Waals surface area contributed by atoms with Crippen LogP contribution >= 0.6 is 0 Å². The van der Waals surface area contributed by atoms with E-state index in [-0.39, 0.29) is 12.5 Å². The molecular formula is C17H18N2O2. The molecule has 2 aromatic carbocycles. The molecule has 108 valence electrons. The van der Waals surface area contributed by atoms with Crippen molar-refractivity contribution >= 4 is 17.3 Å². The number of carbonyl (C=O) groups excluding carboxylic acids is 1. The first-order valence-corrected chi connectivity index (χ1v) is 6.93. The van der Waals surface area contributed by atoms with E-state index in [9.17, 15) is 4.79 Å². The molecule has 1 aliphatic heterocycles. The molecule has 2 N–H and O–H groups in total. The molecule has 0 aromatic heterocycles. The van der Waals surface area contributed by atoms with Crippen molar-refractivity contribution in [1.82, 2.24) is 0 Å². The lowest BCUT2D eigenvalue weighted by atomic mass is 10.1. The lowest BCUT2D eigenvalue weighted by Crippen LogP contribution is -2.38. The molecule has 0 fully saturated rings. The number of amides is 1. The molecule has 0 atom stereocenters. The molecule has 4 nitrogen and oxygen atoms in total. The normalized spacial score (nSPS) is 13.8. The molecule has 0 saturated carbocycles. The molecule has 0 unspecified atom stereocenters. The number of carbonyl (C=O) groups is 1. The van der Waals surface area contributed by atoms with E-state index in [1.165, 1.54) is 11.1 Å². The summed E-state index contributed by atoms with van der Waals surface area (Å²) in [5.41, 5.74) is 10.7. The number of hydrogen-bond acceptors (Lipinski definition) is 3. The van der Waals surface area contributed by atoms with Crippen LogP contribution in [-0.2, 0) is 11.3 Å². The van der Waals surface area contributed by atoms with Crippen LogP contribution in [0, 0.1) is 13.8 Å². The van der Waals surface area contributed by atoms with E-state index in [4.69, 9.17) is 10.5 Å². The second-order valence-electron chi connectivity index (χ2n) is 5.49. The lowest BCUT2D eigenvalue weighted by Gasteiger charge is -2.29. The van der Waals surface area contributed by atoms with E-state index in [0.29, 0.717) is 18.0 Å². The van der Waals surface area contributed by atoms with Gasteiger partial charge in [-0.25, -0.2) is 0 Å². The van der Waals surface area contributed by atoms with E-state index in [2.05, 4.69) is 32.0 Å². The number of nitrogen functional groups attached to an aromatic ring is 1. The molecule has 0 radical (unpaired) electrons. The molecule has 1 amide bonds. The van der Waals surface area contributed by atoms with E-state index < -0.39 is 0 Å². The Hall–Kier alpha value is -2.49. The maximum absolute atomic E-state index is 12.2. The predicted octanol–water partition coefficient (Wildman–Crippen LogP) is 2.81. The van der Waals surface area contributed by atoms with E-state index in [0.717, 1.165) is 11.3 Å². The first-order chi connectivity index (χ1) is 10.0. The molecule has 4 heteroatoms. The number of rotatable bonds is 2. The van der Waals surface area contributed by atoms with Crippen LogP contribution in [0.25, 0.3) is 0 Å². The number of aryl methyl sites for hydroxylation is 2. The minimum atomic E-state index is -0.0488. The Morgan fingerprint density at radius 1 is 1.14 bits per heavy atom. The van der Waals surface area contributed by atoms with Crippen molar-refractivity contribution in [3.8, 4) is 5.75 Å². The third-order valence-corrected chi connectivity index (χ3v) is 3.55. The Bertz CT molecular complexity index is 690. The van der Waals surface area contributed by atoms with E-state index in [1.54, 1.807) is 17.0 Å². The molecule has 21 heavy (non-hydrogen) atoms. The largest absolute Gasteiger partial charge is 0.482 e. The summed E-state index contributed by atoms with van der Waals surface area (Å²) in [4.78, 5) is 13.9. The van der Waals surface area contributed by atoms with Crippen LogP contribution in [0.5, 0.6) is 5.75 Å². The smallest absolute Gasteiger partial charge is 0.265 e. The quantitative estimate of drug-likeness (QED) is 0.862. The summed E-state index contributed by atoms with van der Waals surface area (Å²) in [5, 5.41) is 0. The minimum Gasteiger partial charge on any atom is -0.482 e. The number of hydrogen-bond donors (Lipinski definition) is 1. The highest BCUT2D eigenvalue weighted by molar-refractivity contribution is 5.98. The van der Waals surface area contributed by atoms with Crippen molar-refractivity contribution in [3.05, 3.63) is 53.1 Å². The Morgan fingerprint density at radius 2 is 1.86 bits per heavy atom. The van der Waals surface area contributed by atoms with Gasteiger partial charge in [-0.3, -0.25) is 4.79 Å². The molecule has 2 aromatic rings. The van der Waals surface area contributed by atoms with Crippen molar-refractivity contribution < 1.29 is 9.53 Å². The standard InChI is InChI=1S/C17H18N2O2/c1-11-5-12(2)7-13(6-11)9-19-15-8-14(18)3-4-16(15)21-10-17(19)20/h3-8H,9-10,18H2,1-2H3. The second-order valence-corrected chi connectivity index (χ2v) is 5.49. The number of nitrogens with zero attached hydrogens (tertiary/aromatic N) is 1. The van der Waals surface area contributed by atoms with Crippen LogP contribution in [0.1, 0.15) is 16.7 Å². The van der Waals surface area contributed by atoms with Crippen molar-refractivity contribution in [2.75, 3.05) is 17.2 Å². The highest BCUT2D eigenvalue weighted by Crippen LogP contribution is 2.34. The summed E-state index contributed by atoms with van der Waals surface area (Å²) in [6.45, 7) is 4.72. The highest BCUT2D eigenvalue weighted by Gasteiger charge is 2.25. The maximum Gasteiger partial charge on any atom is 0.265 e. The van der Waals surface area contributed by atoms with Gasteiger partial charge in [0, 0.05) is 5.69 Å². The van der Waals surface area contributed by atoms with Gasteiger partial charge in [-0.05, 0) is 37.6 Å². The van der Waals surface area contributed by atoms with Crippen molar-refractivity contribution in [1.29, 1.82) is 0 Å². The van der Waals surface area contributed by atoms with Gasteiger partial charge in [-0.15, -0.1) is 0 Å². The van der Waals surface area contributed by atoms with Gasteiger partial charge in [0.25, 0.3) is 5.91 Å². The van der Waals surface area contributed by atoms with Gasteiger partial charge in [0.05, 0.1) is 12.2 Å². The van der Waals surface area contributed by atoms with Crippen LogP contribution in [0.15, 0.2) is 36.4 Å². The topological polar surface area (TPSA) is 55.6 Å². The third kappa shape index (κ3) is 2.70. The van der Waals surface area contributed by atoms with Gasteiger partial charge in [0.15, 0.2) is 6.61 Å². The SMILES string of the molecule is Cc1cc(C)cc(CN2C(=O)COc3ccc(N)cc32)c1. The minimum absolute atomic E-state index is 0.0488. The predicted molar refractivity (Wildman–Crippen MR) is 83.5 cm³/mol. The Labute approximate surface area is 124 Å². The summed E-state index contributed by atoms with van der Waals surface area (Å²) in [5.74, 6) is 0.653. The van der Waals surface area contributed by atoms with Crippen LogP contribution in [0.2, 0.25) is 0 Å². The monoisotopic (exact) mass is 282 g/mol. The number of fused-ring (bicyclic) bond motifs is 1. The second kappa shape index (κ2) is 5.13. The van der Waals surface area contributed by atoms with Gasteiger partial charge in [0.2, 0.25) is 0 Å². The Kier molecular flexibility index (Phi) is 3.29. The summed E-state index contributed by atoms with van der Waals surface area (Å²) in [6, 6.07) is 11.7. The fourth-order valence-electron chi connectivity index (χ4n) is 2.74. The number of anilines is 2. The average Bonchev–Trinajstić information content (AvgIpc) is 2.41. The first-order valence-electron chi connectivity index (χ1n) is 6.93. The lowest BCUT2D eigenvalue weighted by molar-refractivity contribution is -0.121. The summed E-state index contributed by atoms with van der Waals surface area (Å²) < 4.78 is 5.46. The molecule has 0 spiro atoms. The summed E-state index contributed by atoms with van der Waals surface area (Å²) in [7, 11) is 0. The molecule has 1 heterocycles. The Balaban J connectivity index is 1.98. The van der Waals surface area contributed by atoms with Crippen LogP contribution in [-0.4, -0.2) is 12.5 Å². The zero-order valence-electron chi connectivity index (χ0n) is 12.2. The fourth-order valence-corrected chi connectivity index (χ4v) is 2.74. The number of benzene rings is 2. The van der Waals surface area contributed by atoms with Gasteiger partial charge in [-0.1, -0.05) is 29.3 Å². The maximum atomic E-state index is 12.2. The molecule has 0 saturated heterocycles. The van der Waals surface area contributed by atoms with Gasteiger partial charge >= 0.3 is 0 Å². The van der Waals surface area contributed by atoms with Crippen molar-refractivity contribution in [3.63, 3.8) is 0 Å². The third-order valence-electron chi connectivity index (χ3n) is 3.55.